The molecule has 2 aromatic rings. The number of hydrogen-bond donors (Lipinski definition) is 1. The fourth-order valence-corrected chi connectivity index (χ4v) is 4.48. The van der Waals surface area contributed by atoms with Crippen molar-refractivity contribution >= 4 is 16.9 Å². The second-order valence-electron chi connectivity index (χ2n) is 7.79. The van der Waals surface area contributed by atoms with Gasteiger partial charge in [-0.15, -0.1) is 11.3 Å². The second-order valence-corrected chi connectivity index (χ2v) is 8.82. The summed E-state index contributed by atoms with van der Waals surface area (Å²) in [5, 5.41) is 0.998. The minimum absolute atomic E-state index is 0.125. The average Bonchev–Trinajstić information content (AvgIpc) is 3.17. The summed E-state index contributed by atoms with van der Waals surface area (Å²) in [6.45, 7) is 8.86. The molecular formula is C25H32N2OS. The Balaban J connectivity index is 1.87. The molecule has 154 valence electrons. The maximum absolute atomic E-state index is 5.96. The number of thiazole rings is 1. The summed E-state index contributed by atoms with van der Waals surface area (Å²) in [6, 6.07) is 6.17. The quantitative estimate of drug-likeness (QED) is 0.585. The molecule has 0 bridgehead atoms. The highest BCUT2D eigenvalue weighted by Crippen LogP contribution is 2.35. The zero-order valence-corrected chi connectivity index (χ0v) is 18.4. The van der Waals surface area contributed by atoms with Gasteiger partial charge in [-0.05, 0) is 68.9 Å². The van der Waals surface area contributed by atoms with E-state index in [1.807, 2.05) is 26.1 Å². The first-order chi connectivity index (χ1) is 14.1. The van der Waals surface area contributed by atoms with E-state index in [2.05, 4.69) is 36.9 Å². The first kappa shape index (κ1) is 21.5. The minimum Gasteiger partial charge on any atom is -0.491 e. The predicted molar refractivity (Wildman–Crippen MR) is 125 cm³/mol. The fraction of sp³-hybridized carbons (Fsp3) is 0.400. The highest BCUT2D eigenvalue weighted by Gasteiger charge is 2.13. The summed E-state index contributed by atoms with van der Waals surface area (Å²) in [6.07, 6.45) is 16.0. The Morgan fingerprint density at radius 1 is 1.21 bits per heavy atom. The number of benzene rings is 1. The highest BCUT2D eigenvalue weighted by molar-refractivity contribution is 7.16. The third kappa shape index (κ3) is 5.91. The summed E-state index contributed by atoms with van der Waals surface area (Å²) < 4.78 is 5.87. The first-order valence-corrected chi connectivity index (χ1v) is 11.4. The fourth-order valence-electron chi connectivity index (χ4n) is 3.50. The Labute approximate surface area is 179 Å². The van der Waals surface area contributed by atoms with Crippen LogP contribution >= 0.6 is 11.3 Å². The summed E-state index contributed by atoms with van der Waals surface area (Å²) in [4.78, 5) is 5.88. The van der Waals surface area contributed by atoms with E-state index < -0.39 is 0 Å². The van der Waals surface area contributed by atoms with Crippen LogP contribution in [-0.2, 0) is 6.54 Å². The van der Waals surface area contributed by atoms with Crippen molar-refractivity contribution in [2.24, 2.45) is 5.73 Å². The molecule has 29 heavy (non-hydrogen) atoms. The van der Waals surface area contributed by atoms with Gasteiger partial charge >= 0.3 is 0 Å². The third-order valence-corrected chi connectivity index (χ3v) is 6.12. The Morgan fingerprint density at radius 3 is 2.83 bits per heavy atom. The van der Waals surface area contributed by atoms with Gasteiger partial charge in [-0.25, -0.2) is 4.98 Å². The summed E-state index contributed by atoms with van der Waals surface area (Å²) >= 11 is 1.71. The van der Waals surface area contributed by atoms with E-state index in [4.69, 9.17) is 15.5 Å². The minimum atomic E-state index is 0.125. The Kier molecular flexibility index (Phi) is 7.84. The van der Waals surface area contributed by atoms with Crippen LogP contribution < -0.4 is 10.5 Å². The molecule has 0 saturated carbocycles. The number of ether oxygens (including phenoxy) is 1. The molecule has 4 heteroatoms. The molecule has 3 rings (SSSR count). The van der Waals surface area contributed by atoms with E-state index in [-0.39, 0.29) is 6.10 Å². The van der Waals surface area contributed by atoms with Crippen LogP contribution in [0.15, 0.2) is 54.8 Å². The number of aromatic nitrogens is 1. The lowest BCUT2D eigenvalue weighted by atomic mass is 10.00. The summed E-state index contributed by atoms with van der Waals surface area (Å²) in [5.41, 5.74) is 10.5. The molecule has 1 aromatic heterocycles. The summed E-state index contributed by atoms with van der Waals surface area (Å²) in [5.74, 6) is 0.854. The van der Waals surface area contributed by atoms with Gasteiger partial charge in [0.1, 0.15) is 10.8 Å². The van der Waals surface area contributed by atoms with Crippen molar-refractivity contribution < 1.29 is 4.74 Å². The van der Waals surface area contributed by atoms with Gasteiger partial charge in [-0.2, -0.15) is 0 Å². The molecule has 1 aliphatic carbocycles. The molecule has 0 amide bonds. The maximum Gasteiger partial charge on any atom is 0.124 e. The van der Waals surface area contributed by atoms with Crippen molar-refractivity contribution in [3.05, 3.63) is 65.2 Å². The molecule has 2 N–H and O–H groups in total. The predicted octanol–water partition coefficient (Wildman–Crippen LogP) is 6.91. The molecule has 0 atom stereocenters. The standard InChI is InChI=1S/C25H32N2OS/c1-18(2)28-23-14-13-20(15-21(23)16-26)25-27-17-24(29-25)22-12-10-8-6-4-5-7-9-11-19(22)3/h8,10,12-15,17-18H,3-7,9,11,16,26H2,1-2H3/b10-8-,22-12+. The molecule has 0 fully saturated rings. The van der Waals surface area contributed by atoms with Crippen LogP contribution in [0.1, 0.15) is 62.8 Å². The van der Waals surface area contributed by atoms with Crippen LogP contribution in [0, 0.1) is 0 Å². The van der Waals surface area contributed by atoms with Crippen LogP contribution in [-0.4, -0.2) is 11.1 Å². The van der Waals surface area contributed by atoms with Gasteiger partial charge in [0.15, 0.2) is 0 Å². The number of hydrogen-bond acceptors (Lipinski definition) is 4. The van der Waals surface area contributed by atoms with Gasteiger partial charge < -0.3 is 10.5 Å². The largest absolute Gasteiger partial charge is 0.491 e. The van der Waals surface area contributed by atoms with E-state index in [9.17, 15) is 0 Å². The zero-order valence-electron chi connectivity index (χ0n) is 17.6. The number of rotatable bonds is 5. The van der Waals surface area contributed by atoms with E-state index in [1.165, 1.54) is 41.7 Å². The van der Waals surface area contributed by atoms with Crippen molar-refractivity contribution in [2.45, 2.75) is 65.0 Å². The lowest BCUT2D eigenvalue weighted by molar-refractivity contribution is 0.240. The first-order valence-electron chi connectivity index (χ1n) is 10.6. The van der Waals surface area contributed by atoms with Crippen molar-refractivity contribution in [3.63, 3.8) is 0 Å². The molecule has 0 saturated heterocycles. The normalized spacial score (nSPS) is 18.8. The molecule has 0 radical (unpaired) electrons. The van der Waals surface area contributed by atoms with E-state index in [1.54, 1.807) is 11.3 Å². The smallest absolute Gasteiger partial charge is 0.124 e. The number of nitrogens with zero attached hydrogens (tertiary/aromatic N) is 1. The molecular weight excluding hydrogens is 376 g/mol. The number of allylic oxidation sites excluding steroid dienone is 5. The molecule has 1 aromatic carbocycles. The van der Waals surface area contributed by atoms with Crippen molar-refractivity contribution in [2.75, 3.05) is 0 Å². The van der Waals surface area contributed by atoms with E-state index >= 15 is 0 Å². The second kappa shape index (κ2) is 10.6. The molecule has 0 aliphatic heterocycles. The highest BCUT2D eigenvalue weighted by atomic mass is 32.1. The van der Waals surface area contributed by atoms with Crippen LogP contribution in [0.3, 0.4) is 0 Å². The molecule has 3 nitrogen and oxygen atoms in total. The maximum atomic E-state index is 5.96. The van der Waals surface area contributed by atoms with Crippen LogP contribution in [0.4, 0.5) is 0 Å². The van der Waals surface area contributed by atoms with Crippen LogP contribution in [0.25, 0.3) is 16.1 Å². The average molecular weight is 409 g/mol. The van der Waals surface area contributed by atoms with Gasteiger partial charge in [0, 0.05) is 23.9 Å². The monoisotopic (exact) mass is 408 g/mol. The Bertz CT molecular complexity index is 892. The lowest BCUT2D eigenvalue weighted by Crippen LogP contribution is -2.09. The SMILES string of the molecule is C=C1CCCCCC/C=C\C=C/1c1cnc(-c2ccc(OC(C)C)c(CN)c2)s1. The van der Waals surface area contributed by atoms with Gasteiger partial charge in [0.2, 0.25) is 0 Å². The molecule has 1 heterocycles. The van der Waals surface area contributed by atoms with Gasteiger partial charge in [-0.1, -0.05) is 37.6 Å². The van der Waals surface area contributed by atoms with Gasteiger partial charge in [-0.3, -0.25) is 0 Å². The lowest BCUT2D eigenvalue weighted by Gasteiger charge is -2.14. The van der Waals surface area contributed by atoms with Crippen molar-refractivity contribution in [1.29, 1.82) is 0 Å². The Morgan fingerprint density at radius 2 is 2.03 bits per heavy atom. The number of nitrogens with two attached hydrogens (primary N) is 1. The van der Waals surface area contributed by atoms with Crippen molar-refractivity contribution in [1.82, 2.24) is 4.98 Å². The van der Waals surface area contributed by atoms with Gasteiger partial charge in [0.05, 0.1) is 11.0 Å². The Hall–Kier alpha value is -2.17. The zero-order chi connectivity index (χ0) is 20.6. The van der Waals surface area contributed by atoms with E-state index in [0.29, 0.717) is 6.54 Å². The van der Waals surface area contributed by atoms with Crippen LogP contribution in [0.2, 0.25) is 0 Å². The van der Waals surface area contributed by atoms with Gasteiger partial charge in [0.25, 0.3) is 0 Å². The topological polar surface area (TPSA) is 48.1 Å². The van der Waals surface area contributed by atoms with Crippen molar-refractivity contribution in [3.8, 4) is 16.3 Å². The van der Waals surface area contributed by atoms with Crippen LogP contribution in [0.5, 0.6) is 5.75 Å². The molecule has 0 unspecified atom stereocenters. The third-order valence-electron chi connectivity index (χ3n) is 5.04. The molecule has 0 spiro atoms. The summed E-state index contributed by atoms with van der Waals surface area (Å²) in [7, 11) is 0. The molecule has 1 aliphatic rings. The van der Waals surface area contributed by atoms with E-state index in [0.717, 1.165) is 34.7 Å².